The van der Waals surface area contributed by atoms with Crippen LogP contribution in [-0.4, -0.2) is 66.8 Å². The Morgan fingerprint density at radius 3 is 2.30 bits per heavy atom. The van der Waals surface area contributed by atoms with Gasteiger partial charge in [-0.1, -0.05) is 6.92 Å². The van der Waals surface area contributed by atoms with Gasteiger partial charge in [0.05, 0.1) is 25.3 Å². The molecule has 2 atom stereocenters. The molecule has 4 nitrogen and oxygen atoms in total. The van der Waals surface area contributed by atoms with Crippen molar-refractivity contribution in [2.24, 2.45) is 0 Å². The van der Waals surface area contributed by atoms with Crippen LogP contribution in [0.2, 0.25) is 0 Å². The van der Waals surface area contributed by atoms with Crippen molar-refractivity contribution in [3.05, 3.63) is 0 Å². The van der Waals surface area contributed by atoms with Crippen LogP contribution in [0.15, 0.2) is 0 Å². The number of carbonyl (C=O) groups is 1. The fraction of sp³-hybridized carbons (Fsp3) is 0.923. The van der Waals surface area contributed by atoms with Gasteiger partial charge in [0.1, 0.15) is 0 Å². The number of hydrogen-bond acceptors (Lipinski definition) is 3. The van der Waals surface area contributed by atoms with E-state index in [1.807, 2.05) is 13.8 Å². The van der Waals surface area contributed by atoms with Gasteiger partial charge >= 0.3 is 6.18 Å². The normalized spacial score (nSPS) is 24.2. The maximum Gasteiger partial charge on any atom is 0.401 e. The third-order valence-corrected chi connectivity index (χ3v) is 3.07. The summed E-state index contributed by atoms with van der Waals surface area (Å²) in [6.45, 7) is 5.43. The van der Waals surface area contributed by atoms with Gasteiger partial charge in [-0.05, 0) is 26.8 Å². The molecule has 1 heterocycles. The zero-order chi connectivity index (χ0) is 15.3. The monoisotopic (exact) mass is 296 g/mol. The first kappa shape index (κ1) is 17.2. The van der Waals surface area contributed by atoms with Crippen LogP contribution in [0, 0.1) is 0 Å². The first-order valence-corrected chi connectivity index (χ1v) is 6.93. The van der Waals surface area contributed by atoms with Crippen LogP contribution in [-0.2, 0) is 9.53 Å². The smallest absolute Gasteiger partial charge is 0.372 e. The molecule has 1 amide bonds. The second-order valence-electron chi connectivity index (χ2n) is 5.38. The summed E-state index contributed by atoms with van der Waals surface area (Å²) in [6, 6.07) is 0. The Morgan fingerprint density at radius 1 is 1.30 bits per heavy atom. The second kappa shape index (κ2) is 7.26. The molecule has 1 rings (SSSR count). The zero-order valence-corrected chi connectivity index (χ0v) is 12.2. The van der Waals surface area contributed by atoms with Crippen molar-refractivity contribution >= 4 is 5.91 Å². The first-order valence-electron chi connectivity index (χ1n) is 6.93. The van der Waals surface area contributed by atoms with Crippen molar-refractivity contribution in [1.82, 2.24) is 9.80 Å². The molecule has 118 valence electrons. The van der Waals surface area contributed by atoms with Crippen LogP contribution in [0.1, 0.15) is 27.2 Å². The van der Waals surface area contributed by atoms with E-state index in [0.29, 0.717) is 19.5 Å². The highest BCUT2D eigenvalue weighted by atomic mass is 19.4. The number of carbonyl (C=O) groups excluding carboxylic acids is 1. The second-order valence-corrected chi connectivity index (χ2v) is 5.38. The molecule has 0 saturated carbocycles. The average molecular weight is 296 g/mol. The first-order chi connectivity index (χ1) is 9.21. The lowest BCUT2D eigenvalue weighted by Crippen LogP contribution is -2.51. The molecule has 0 aliphatic carbocycles. The van der Waals surface area contributed by atoms with Gasteiger partial charge in [0.25, 0.3) is 0 Å². The maximum atomic E-state index is 12.5. The van der Waals surface area contributed by atoms with Crippen LogP contribution in [0.5, 0.6) is 0 Å². The summed E-state index contributed by atoms with van der Waals surface area (Å²) in [5, 5.41) is 0. The van der Waals surface area contributed by atoms with E-state index in [1.54, 1.807) is 11.8 Å². The Balaban J connectivity index is 2.56. The van der Waals surface area contributed by atoms with E-state index >= 15 is 0 Å². The topological polar surface area (TPSA) is 32.8 Å². The van der Waals surface area contributed by atoms with Gasteiger partial charge < -0.3 is 9.64 Å². The summed E-state index contributed by atoms with van der Waals surface area (Å²) in [6.07, 6.45) is -3.85. The minimum absolute atomic E-state index is 0.0788. The van der Waals surface area contributed by atoms with Crippen molar-refractivity contribution < 1.29 is 22.7 Å². The molecule has 0 unspecified atom stereocenters. The largest absolute Gasteiger partial charge is 0.401 e. The predicted octanol–water partition coefficient (Wildman–Crippen LogP) is 1.90. The molecule has 1 aliphatic rings. The number of morpholine rings is 1. The van der Waals surface area contributed by atoms with Crippen molar-refractivity contribution in [3.63, 3.8) is 0 Å². The molecule has 0 spiro atoms. The average Bonchev–Trinajstić information content (AvgIpc) is 2.25. The molecular formula is C13H23F3N2O2. The highest BCUT2D eigenvalue weighted by Gasteiger charge is 2.33. The Labute approximate surface area is 117 Å². The van der Waals surface area contributed by atoms with E-state index in [1.165, 1.54) is 0 Å². The summed E-state index contributed by atoms with van der Waals surface area (Å²) in [7, 11) is 0. The summed E-state index contributed by atoms with van der Waals surface area (Å²) in [4.78, 5) is 14.9. The van der Waals surface area contributed by atoms with Gasteiger partial charge in [0.15, 0.2) is 0 Å². The number of nitrogens with zero attached hydrogens (tertiary/aromatic N) is 2. The van der Waals surface area contributed by atoms with Gasteiger partial charge in [0, 0.05) is 13.1 Å². The van der Waals surface area contributed by atoms with Crippen LogP contribution in [0.3, 0.4) is 0 Å². The van der Waals surface area contributed by atoms with Gasteiger partial charge in [0.2, 0.25) is 5.91 Å². The van der Waals surface area contributed by atoms with Crippen LogP contribution in [0.4, 0.5) is 13.2 Å². The number of amides is 1. The quantitative estimate of drug-likeness (QED) is 0.777. The van der Waals surface area contributed by atoms with E-state index in [-0.39, 0.29) is 31.2 Å². The van der Waals surface area contributed by atoms with Crippen molar-refractivity contribution in [2.45, 2.75) is 45.6 Å². The molecule has 20 heavy (non-hydrogen) atoms. The molecule has 0 aromatic rings. The molecule has 0 N–H and O–H groups in total. The number of rotatable bonds is 5. The standard InChI is InChI=1S/C13H23F3N2O2/c1-4-5-17(9-13(14,15)16)8-12(19)18-6-10(2)20-11(3)7-18/h10-11H,4-9H2,1-3H3/t10-,11-/m0/s1. The molecule has 1 fully saturated rings. The van der Waals surface area contributed by atoms with Crippen LogP contribution in [0.25, 0.3) is 0 Å². The molecule has 1 saturated heterocycles. The number of ether oxygens (including phenoxy) is 1. The van der Waals surface area contributed by atoms with Crippen molar-refractivity contribution in [1.29, 1.82) is 0 Å². The molecule has 1 aliphatic heterocycles. The Bertz CT molecular complexity index is 313. The lowest BCUT2D eigenvalue weighted by Gasteiger charge is -2.36. The highest BCUT2D eigenvalue weighted by molar-refractivity contribution is 5.78. The predicted molar refractivity (Wildman–Crippen MR) is 69.4 cm³/mol. The van der Waals surface area contributed by atoms with E-state index in [2.05, 4.69) is 0 Å². The minimum atomic E-state index is -4.28. The molecule has 7 heteroatoms. The Kier molecular flexibility index (Phi) is 6.26. The highest BCUT2D eigenvalue weighted by Crippen LogP contribution is 2.17. The third-order valence-electron chi connectivity index (χ3n) is 3.07. The summed E-state index contributed by atoms with van der Waals surface area (Å²) < 4.78 is 42.9. The molecule has 0 bridgehead atoms. The van der Waals surface area contributed by atoms with Gasteiger partial charge in [-0.15, -0.1) is 0 Å². The summed E-state index contributed by atoms with van der Waals surface area (Å²) in [5.74, 6) is -0.260. The fourth-order valence-electron chi connectivity index (χ4n) is 2.46. The number of halogens is 3. The van der Waals surface area contributed by atoms with Crippen molar-refractivity contribution in [3.8, 4) is 0 Å². The minimum Gasteiger partial charge on any atom is -0.372 e. The van der Waals surface area contributed by atoms with Gasteiger partial charge in [-0.25, -0.2) is 0 Å². The van der Waals surface area contributed by atoms with E-state index in [9.17, 15) is 18.0 Å². The number of hydrogen-bond donors (Lipinski definition) is 0. The number of alkyl halides is 3. The fourth-order valence-corrected chi connectivity index (χ4v) is 2.46. The van der Waals surface area contributed by atoms with E-state index < -0.39 is 12.7 Å². The molecule has 0 aromatic carbocycles. The molecule has 0 aromatic heterocycles. The third kappa shape index (κ3) is 6.09. The maximum absolute atomic E-state index is 12.5. The van der Waals surface area contributed by atoms with E-state index in [0.717, 1.165) is 4.90 Å². The van der Waals surface area contributed by atoms with Gasteiger partial charge in [-0.2, -0.15) is 13.2 Å². The van der Waals surface area contributed by atoms with Crippen LogP contribution >= 0.6 is 0 Å². The molecular weight excluding hydrogens is 273 g/mol. The summed E-state index contributed by atoms with van der Waals surface area (Å²) in [5.41, 5.74) is 0. The lowest BCUT2D eigenvalue weighted by atomic mass is 10.2. The van der Waals surface area contributed by atoms with Crippen molar-refractivity contribution in [2.75, 3.05) is 32.7 Å². The van der Waals surface area contributed by atoms with Gasteiger partial charge in [-0.3, -0.25) is 9.69 Å². The Hall–Kier alpha value is -0.820. The SMILES string of the molecule is CCCN(CC(=O)N1C[C@H](C)O[C@@H](C)C1)CC(F)(F)F. The van der Waals surface area contributed by atoms with Crippen LogP contribution < -0.4 is 0 Å². The Morgan fingerprint density at radius 2 is 1.85 bits per heavy atom. The lowest BCUT2D eigenvalue weighted by molar-refractivity contribution is -0.156. The zero-order valence-electron chi connectivity index (χ0n) is 12.2. The van der Waals surface area contributed by atoms with E-state index in [4.69, 9.17) is 4.74 Å². The molecule has 0 radical (unpaired) electrons. The summed E-state index contributed by atoms with van der Waals surface area (Å²) >= 11 is 0.